The number of benzene rings is 1. The number of Topliss-reactive ketones (excluding diaryl/α,β-unsaturated/α-hetero) is 2. The number of hydrogen-bond acceptors (Lipinski definition) is 13. The van der Waals surface area contributed by atoms with Crippen LogP contribution in [0.4, 0.5) is 0 Å². The zero-order chi connectivity index (χ0) is 28.1. The molecule has 1 fully saturated rings. The van der Waals surface area contributed by atoms with Crippen molar-refractivity contribution >= 4 is 47.2 Å². The predicted molar refractivity (Wildman–Crippen MR) is 129 cm³/mol. The summed E-state index contributed by atoms with van der Waals surface area (Å²) in [4.78, 5) is 73.8. The first-order valence-electron chi connectivity index (χ1n) is 11.4. The molecule has 1 aliphatic carbocycles. The number of fused-ring (bicyclic) bond motifs is 1. The van der Waals surface area contributed by atoms with Crippen molar-refractivity contribution in [2.45, 2.75) is 57.5 Å². The number of rotatable bonds is 8. The molecule has 1 saturated heterocycles. The van der Waals surface area contributed by atoms with Gasteiger partial charge in [-0.05, 0) is 0 Å². The Labute approximate surface area is 221 Å². The number of ketones is 2. The minimum absolute atomic E-state index is 0.131. The summed E-state index contributed by atoms with van der Waals surface area (Å²) in [5, 5.41) is 0. The Morgan fingerprint density at radius 2 is 1.32 bits per heavy atom. The second-order valence-corrected chi connectivity index (χ2v) is 9.36. The van der Waals surface area contributed by atoms with Crippen molar-refractivity contribution in [2.75, 3.05) is 13.7 Å². The molecule has 3 rings (SSSR count). The maximum atomic E-state index is 13.4. The van der Waals surface area contributed by atoms with Crippen molar-refractivity contribution in [3.05, 3.63) is 46.1 Å². The van der Waals surface area contributed by atoms with Crippen molar-refractivity contribution < 1.29 is 57.2 Å². The first kappa shape index (κ1) is 28.9. The second kappa shape index (κ2) is 12.2. The molecule has 2 aliphatic rings. The van der Waals surface area contributed by atoms with Crippen LogP contribution in [-0.4, -0.2) is 79.0 Å². The molecule has 0 radical (unpaired) electrons. The summed E-state index contributed by atoms with van der Waals surface area (Å²) in [6.07, 6.45) is -5.38. The molecule has 0 unspecified atom stereocenters. The van der Waals surface area contributed by atoms with Crippen molar-refractivity contribution in [1.82, 2.24) is 0 Å². The van der Waals surface area contributed by atoms with Crippen molar-refractivity contribution in [3.63, 3.8) is 0 Å². The topological polar surface area (TPSA) is 158 Å². The average molecular weight is 551 g/mol. The zero-order valence-corrected chi connectivity index (χ0v) is 22.0. The van der Waals surface area contributed by atoms with Crippen LogP contribution in [0.1, 0.15) is 48.4 Å². The number of carbonyl (C=O) groups excluding carboxylic acids is 6. The largest absolute Gasteiger partial charge is 0.491 e. The van der Waals surface area contributed by atoms with Gasteiger partial charge < -0.3 is 28.4 Å². The van der Waals surface area contributed by atoms with Gasteiger partial charge in [0.2, 0.25) is 11.6 Å². The van der Waals surface area contributed by atoms with E-state index in [9.17, 15) is 28.8 Å². The molecule has 1 aromatic rings. The molecule has 1 aromatic carbocycles. The molecule has 5 atom stereocenters. The Kier molecular flexibility index (Phi) is 9.28. The van der Waals surface area contributed by atoms with E-state index >= 15 is 0 Å². The van der Waals surface area contributed by atoms with Crippen LogP contribution >= 0.6 is 11.8 Å². The van der Waals surface area contributed by atoms with Crippen LogP contribution < -0.4 is 0 Å². The fourth-order valence-corrected chi connectivity index (χ4v) is 5.30. The maximum absolute atomic E-state index is 13.4. The Morgan fingerprint density at radius 1 is 0.789 bits per heavy atom. The van der Waals surface area contributed by atoms with Gasteiger partial charge in [-0.15, -0.1) is 0 Å². The maximum Gasteiger partial charge on any atom is 0.303 e. The number of allylic oxidation sites excluding steroid dienone is 2. The third-order valence-electron chi connectivity index (χ3n) is 5.42. The molecule has 1 heterocycles. The summed E-state index contributed by atoms with van der Waals surface area (Å²) in [6.45, 7) is 4.03. The van der Waals surface area contributed by atoms with Crippen LogP contribution in [0.25, 0.3) is 0 Å². The van der Waals surface area contributed by atoms with Gasteiger partial charge in [0, 0.05) is 38.8 Å². The molecular formula is C25H26O12S. The Balaban J connectivity index is 2.09. The number of hydrogen-bond donors (Lipinski definition) is 0. The van der Waals surface area contributed by atoms with E-state index in [0.717, 1.165) is 27.7 Å². The van der Waals surface area contributed by atoms with Gasteiger partial charge in [-0.1, -0.05) is 36.0 Å². The van der Waals surface area contributed by atoms with E-state index in [1.54, 1.807) is 12.1 Å². The smallest absolute Gasteiger partial charge is 0.303 e. The Hall–Kier alpha value is -3.71. The third kappa shape index (κ3) is 6.40. The van der Waals surface area contributed by atoms with E-state index in [2.05, 4.69) is 0 Å². The molecule has 0 aromatic heterocycles. The fourth-order valence-electron chi connectivity index (χ4n) is 4.02. The van der Waals surface area contributed by atoms with Crippen LogP contribution in [0.2, 0.25) is 0 Å². The normalized spacial score (nSPS) is 24.7. The Bertz CT molecular complexity index is 1190. The Morgan fingerprint density at radius 3 is 1.84 bits per heavy atom. The van der Waals surface area contributed by atoms with Gasteiger partial charge in [-0.25, -0.2) is 0 Å². The van der Waals surface area contributed by atoms with E-state index in [4.69, 9.17) is 28.4 Å². The van der Waals surface area contributed by atoms with Gasteiger partial charge in [-0.2, -0.15) is 0 Å². The lowest BCUT2D eigenvalue weighted by atomic mass is 9.93. The highest BCUT2D eigenvalue weighted by atomic mass is 32.2. The average Bonchev–Trinajstić information content (AvgIpc) is 2.84. The third-order valence-corrected chi connectivity index (χ3v) is 6.64. The summed E-state index contributed by atoms with van der Waals surface area (Å²) in [6, 6.07) is 6.17. The molecular weight excluding hydrogens is 524 g/mol. The highest BCUT2D eigenvalue weighted by Crippen LogP contribution is 2.41. The van der Waals surface area contributed by atoms with Crippen LogP contribution in [0, 0.1) is 0 Å². The first-order valence-corrected chi connectivity index (χ1v) is 12.3. The lowest BCUT2D eigenvalue weighted by Crippen LogP contribution is -2.61. The van der Waals surface area contributed by atoms with Crippen LogP contribution in [0.3, 0.4) is 0 Å². The summed E-state index contributed by atoms with van der Waals surface area (Å²) in [5.41, 5.74) is -1.01. The molecule has 1 aliphatic heterocycles. The first-order chi connectivity index (χ1) is 17.9. The number of ether oxygens (including phenoxy) is 6. The standard InChI is InChI=1S/C25H26O12S/c1-11(26)33-10-17-20(34-12(2)27)22(35-13(3)28)23(36-14(4)29)25(37-17)38-24-19(31)16-9-7-6-8-15(16)18(30)21(24)32-5/h6-9,17,20,22-23,25H,10H2,1-5H3/t17-,20-,22+,23-,25+/m1/s1. The molecule has 204 valence electrons. The van der Waals surface area contributed by atoms with Crippen LogP contribution in [-0.2, 0) is 47.6 Å². The lowest BCUT2D eigenvalue weighted by molar-refractivity contribution is -0.237. The molecule has 0 amide bonds. The minimum atomic E-state index is -1.42. The summed E-state index contributed by atoms with van der Waals surface area (Å²) < 4.78 is 32.5. The molecule has 13 heteroatoms. The highest BCUT2D eigenvalue weighted by molar-refractivity contribution is 8.04. The zero-order valence-electron chi connectivity index (χ0n) is 21.2. The van der Waals surface area contributed by atoms with Gasteiger partial charge >= 0.3 is 23.9 Å². The monoisotopic (exact) mass is 550 g/mol. The molecule has 0 bridgehead atoms. The molecule has 0 N–H and O–H groups in total. The predicted octanol–water partition coefficient (Wildman–Crippen LogP) is 1.74. The van der Waals surface area contributed by atoms with E-state index in [1.807, 2.05) is 0 Å². The SMILES string of the molecule is COC1=C(S[C@@H]2O[C@H](COC(C)=O)[C@@H](OC(C)=O)[C@H](OC(C)=O)[C@H]2OC(C)=O)C(=O)c2ccccc2C1=O. The van der Waals surface area contributed by atoms with Crippen LogP contribution in [0.5, 0.6) is 0 Å². The molecule has 0 saturated carbocycles. The quantitative estimate of drug-likeness (QED) is 0.341. The van der Waals surface area contributed by atoms with Gasteiger partial charge in [-0.3, -0.25) is 28.8 Å². The summed E-state index contributed by atoms with van der Waals surface area (Å²) in [5.74, 6) is -4.38. The van der Waals surface area contributed by atoms with Crippen molar-refractivity contribution in [1.29, 1.82) is 0 Å². The van der Waals surface area contributed by atoms with Gasteiger partial charge in [0.05, 0.1) is 7.11 Å². The molecule has 12 nitrogen and oxygen atoms in total. The van der Waals surface area contributed by atoms with E-state index in [0.29, 0.717) is 11.8 Å². The lowest BCUT2D eigenvalue weighted by Gasteiger charge is -2.44. The van der Waals surface area contributed by atoms with E-state index in [-0.39, 0.29) is 21.8 Å². The highest BCUT2D eigenvalue weighted by Gasteiger charge is 2.53. The fraction of sp³-hybridized carbons (Fsp3) is 0.440. The van der Waals surface area contributed by atoms with E-state index in [1.165, 1.54) is 19.2 Å². The van der Waals surface area contributed by atoms with Crippen molar-refractivity contribution in [2.24, 2.45) is 0 Å². The van der Waals surface area contributed by atoms with Gasteiger partial charge in [0.25, 0.3) is 0 Å². The number of thioether (sulfide) groups is 1. The van der Waals surface area contributed by atoms with E-state index < -0.39 is 71.9 Å². The van der Waals surface area contributed by atoms with Gasteiger partial charge in [0.1, 0.15) is 23.1 Å². The van der Waals surface area contributed by atoms with Crippen LogP contribution in [0.15, 0.2) is 34.9 Å². The number of methoxy groups -OCH3 is 1. The van der Waals surface area contributed by atoms with Gasteiger partial charge in [0.15, 0.2) is 24.1 Å². The van der Waals surface area contributed by atoms with Crippen molar-refractivity contribution in [3.8, 4) is 0 Å². The summed E-state index contributed by atoms with van der Waals surface area (Å²) in [7, 11) is 1.22. The summed E-state index contributed by atoms with van der Waals surface area (Å²) >= 11 is 0.702. The number of esters is 4. The molecule has 0 spiro atoms. The molecule has 38 heavy (non-hydrogen) atoms. The number of carbonyl (C=O) groups is 6. The second-order valence-electron chi connectivity index (χ2n) is 8.25. The minimum Gasteiger partial charge on any atom is -0.491 e.